The average Bonchev–Trinajstić information content (AvgIpc) is 3.54. The first kappa shape index (κ1) is 25.0. The van der Waals surface area contributed by atoms with Gasteiger partial charge < -0.3 is 4.57 Å². The molecule has 7 aromatic rings. The minimum absolute atomic E-state index is 1.18. The first-order valence-electron chi connectivity index (χ1n) is 14.4. The Labute approximate surface area is 249 Å². The van der Waals surface area contributed by atoms with Gasteiger partial charge in [0, 0.05) is 32.6 Å². The zero-order valence-corrected chi connectivity index (χ0v) is 24.6. The summed E-state index contributed by atoms with van der Waals surface area (Å²) in [5, 5.41) is 1.27. The summed E-state index contributed by atoms with van der Waals surface area (Å²) < 4.78 is 2.39. The van der Waals surface area contributed by atoms with Crippen LogP contribution in [0, 0.1) is 0 Å². The Morgan fingerprint density at radius 1 is 0.429 bits per heavy atom. The second-order valence-electron chi connectivity index (χ2n) is 11.5. The fraction of sp³-hybridized carbons (Fsp3) is 0.0500. The summed E-state index contributed by atoms with van der Waals surface area (Å²) in [5.41, 5.74) is 12.7. The standard InChI is InChI=1S/C40H31NS/c1-42(2)39-25-32(29-14-8-4-9-15-29)18-21-34(39)35-22-20-33(26-40(35)42)41-27-37(30-16-10-5-11-17-30)36-24-31(19-23-38(36)41)28-12-6-3-7-13-28/h3-27H,1-2H3. The number of aromatic nitrogens is 1. The van der Waals surface area contributed by atoms with Crippen molar-refractivity contribution in [2.45, 2.75) is 9.79 Å². The summed E-state index contributed by atoms with van der Waals surface area (Å²) in [4.78, 5) is 2.94. The summed E-state index contributed by atoms with van der Waals surface area (Å²) in [7, 11) is -1.18. The van der Waals surface area contributed by atoms with E-state index < -0.39 is 10.0 Å². The number of rotatable bonds is 4. The monoisotopic (exact) mass is 557 g/mol. The number of nitrogens with zero attached hydrogens (tertiary/aromatic N) is 1. The summed E-state index contributed by atoms with van der Waals surface area (Å²) in [5.74, 6) is 0. The van der Waals surface area contributed by atoms with Crippen LogP contribution in [0.3, 0.4) is 0 Å². The second kappa shape index (κ2) is 9.65. The van der Waals surface area contributed by atoms with E-state index in [-0.39, 0.29) is 0 Å². The molecule has 0 N–H and O–H groups in total. The van der Waals surface area contributed by atoms with Crippen LogP contribution >= 0.6 is 10.0 Å². The molecule has 0 fully saturated rings. The fourth-order valence-electron chi connectivity index (χ4n) is 6.50. The Morgan fingerprint density at radius 3 is 1.60 bits per heavy atom. The lowest BCUT2D eigenvalue weighted by Gasteiger charge is -2.29. The Balaban J connectivity index is 1.28. The van der Waals surface area contributed by atoms with Crippen LogP contribution in [0.4, 0.5) is 0 Å². The number of fused-ring (bicyclic) bond motifs is 4. The van der Waals surface area contributed by atoms with Crippen LogP contribution in [0.15, 0.2) is 162 Å². The third kappa shape index (κ3) is 3.94. The predicted octanol–water partition coefficient (Wildman–Crippen LogP) is 11.1. The van der Waals surface area contributed by atoms with Crippen molar-refractivity contribution in [2.75, 3.05) is 12.5 Å². The van der Waals surface area contributed by atoms with E-state index in [0.29, 0.717) is 0 Å². The molecule has 0 radical (unpaired) electrons. The Hall–Kier alpha value is -4.79. The molecule has 0 saturated carbocycles. The predicted molar refractivity (Wildman–Crippen MR) is 181 cm³/mol. The summed E-state index contributed by atoms with van der Waals surface area (Å²) >= 11 is 0. The van der Waals surface area contributed by atoms with Crippen LogP contribution in [0.5, 0.6) is 0 Å². The topological polar surface area (TPSA) is 4.93 Å². The molecule has 0 atom stereocenters. The summed E-state index contributed by atoms with van der Waals surface area (Å²) in [6.07, 6.45) is 7.23. The van der Waals surface area contributed by atoms with Gasteiger partial charge >= 0.3 is 0 Å². The second-order valence-corrected chi connectivity index (χ2v) is 15.0. The van der Waals surface area contributed by atoms with E-state index in [1.54, 1.807) is 0 Å². The van der Waals surface area contributed by atoms with Gasteiger partial charge in [-0.2, -0.15) is 10.0 Å². The van der Waals surface area contributed by atoms with Gasteiger partial charge in [-0.1, -0.05) is 115 Å². The minimum Gasteiger partial charge on any atom is -0.316 e. The number of hydrogen-bond acceptors (Lipinski definition) is 0. The van der Waals surface area contributed by atoms with E-state index in [0.717, 1.165) is 0 Å². The van der Waals surface area contributed by atoms with Crippen LogP contribution < -0.4 is 0 Å². The minimum atomic E-state index is -1.18. The van der Waals surface area contributed by atoms with E-state index in [4.69, 9.17) is 0 Å². The van der Waals surface area contributed by atoms with E-state index in [1.807, 2.05) is 0 Å². The van der Waals surface area contributed by atoms with Crippen molar-refractivity contribution < 1.29 is 0 Å². The van der Waals surface area contributed by atoms with Crippen molar-refractivity contribution in [1.29, 1.82) is 0 Å². The zero-order valence-electron chi connectivity index (χ0n) is 23.8. The van der Waals surface area contributed by atoms with Gasteiger partial charge in [-0.05, 0) is 81.8 Å². The molecule has 0 aliphatic carbocycles. The Kier molecular flexibility index (Phi) is 5.73. The number of benzene rings is 6. The lowest BCUT2D eigenvalue weighted by molar-refractivity contribution is 1.12. The van der Waals surface area contributed by atoms with E-state index in [1.165, 1.54) is 70.9 Å². The van der Waals surface area contributed by atoms with Gasteiger partial charge in [0.1, 0.15) is 0 Å². The van der Waals surface area contributed by atoms with Crippen molar-refractivity contribution in [3.8, 4) is 50.2 Å². The molecule has 2 heteroatoms. The maximum Gasteiger partial charge on any atom is 0.0535 e. The molecular weight excluding hydrogens is 527 g/mol. The lowest BCUT2D eigenvalue weighted by atomic mass is 10.00. The van der Waals surface area contributed by atoms with E-state index in [9.17, 15) is 0 Å². The molecule has 8 rings (SSSR count). The normalized spacial score (nSPS) is 14.0. The molecule has 1 aliphatic rings. The van der Waals surface area contributed by atoms with Gasteiger partial charge in [-0.25, -0.2) is 0 Å². The van der Waals surface area contributed by atoms with Gasteiger partial charge in [0.15, 0.2) is 0 Å². The van der Waals surface area contributed by atoms with Crippen LogP contribution in [-0.2, 0) is 0 Å². The smallest absolute Gasteiger partial charge is 0.0535 e. The van der Waals surface area contributed by atoms with E-state index >= 15 is 0 Å². The van der Waals surface area contributed by atoms with Crippen molar-refractivity contribution in [2.24, 2.45) is 0 Å². The van der Waals surface area contributed by atoms with Crippen LogP contribution in [0.1, 0.15) is 0 Å². The molecule has 6 aromatic carbocycles. The van der Waals surface area contributed by atoms with Crippen LogP contribution in [0.25, 0.3) is 61.1 Å². The van der Waals surface area contributed by atoms with E-state index in [2.05, 4.69) is 169 Å². The van der Waals surface area contributed by atoms with Crippen LogP contribution in [-0.4, -0.2) is 17.1 Å². The van der Waals surface area contributed by atoms with Gasteiger partial charge in [-0.3, -0.25) is 0 Å². The zero-order chi connectivity index (χ0) is 28.3. The highest BCUT2D eigenvalue weighted by atomic mass is 32.3. The summed E-state index contributed by atoms with van der Waals surface area (Å²) in [6.45, 7) is 0. The third-order valence-electron chi connectivity index (χ3n) is 8.72. The van der Waals surface area contributed by atoms with Crippen molar-refractivity contribution in [1.82, 2.24) is 4.57 Å². The third-order valence-corrected chi connectivity index (χ3v) is 11.6. The molecule has 1 aromatic heterocycles. The molecule has 2 heterocycles. The molecule has 0 saturated heterocycles. The van der Waals surface area contributed by atoms with Crippen molar-refractivity contribution in [3.63, 3.8) is 0 Å². The molecule has 202 valence electrons. The average molecular weight is 558 g/mol. The molecular formula is C40H31NS. The van der Waals surface area contributed by atoms with Gasteiger partial charge in [-0.15, -0.1) is 0 Å². The molecule has 0 amide bonds. The summed E-state index contributed by atoms with van der Waals surface area (Å²) in [6, 6.07) is 53.2. The Morgan fingerprint density at radius 2 is 0.952 bits per heavy atom. The highest BCUT2D eigenvalue weighted by Gasteiger charge is 2.32. The maximum atomic E-state index is 2.45. The maximum absolute atomic E-state index is 2.45. The van der Waals surface area contributed by atoms with Crippen molar-refractivity contribution in [3.05, 3.63) is 152 Å². The van der Waals surface area contributed by atoms with Gasteiger partial charge in [0.2, 0.25) is 0 Å². The fourth-order valence-corrected chi connectivity index (χ4v) is 9.03. The first-order valence-corrected chi connectivity index (χ1v) is 16.9. The van der Waals surface area contributed by atoms with Crippen molar-refractivity contribution >= 4 is 20.9 Å². The molecule has 0 bridgehead atoms. The quantitative estimate of drug-likeness (QED) is 0.203. The number of hydrogen-bond donors (Lipinski definition) is 0. The van der Waals surface area contributed by atoms with Gasteiger partial charge in [0.05, 0.1) is 5.52 Å². The largest absolute Gasteiger partial charge is 0.316 e. The molecule has 0 unspecified atom stereocenters. The lowest BCUT2D eigenvalue weighted by Crippen LogP contribution is -1.96. The SMILES string of the molecule is CS1(C)c2cc(-c3ccccc3)ccc2-c2ccc(-n3cc(-c4ccccc4)c4cc(-c5ccccc5)ccc43)cc21. The van der Waals surface area contributed by atoms with Gasteiger partial charge in [0.25, 0.3) is 0 Å². The molecule has 1 nitrogen and oxygen atoms in total. The highest BCUT2D eigenvalue weighted by Crippen LogP contribution is 2.68. The molecule has 1 aliphatic heterocycles. The molecule has 42 heavy (non-hydrogen) atoms. The highest BCUT2D eigenvalue weighted by molar-refractivity contribution is 8.33. The first-order chi connectivity index (χ1) is 20.6. The Bertz CT molecular complexity index is 2090. The van der Waals surface area contributed by atoms with Crippen LogP contribution in [0.2, 0.25) is 0 Å². The molecule has 0 spiro atoms.